The zero-order valence-corrected chi connectivity index (χ0v) is 18.0. The van der Waals surface area contributed by atoms with Gasteiger partial charge in [-0.15, -0.1) is 0 Å². The van der Waals surface area contributed by atoms with Gasteiger partial charge in [0.1, 0.15) is 12.4 Å². The number of nitrogens with one attached hydrogen (secondary N) is 1. The van der Waals surface area contributed by atoms with E-state index < -0.39 is 5.54 Å². The lowest BCUT2D eigenvalue weighted by molar-refractivity contribution is -0.144. The number of amides is 2. The lowest BCUT2D eigenvalue weighted by Gasteiger charge is -2.42. The van der Waals surface area contributed by atoms with Crippen LogP contribution in [0.5, 0.6) is 5.75 Å². The van der Waals surface area contributed by atoms with Crippen LogP contribution in [-0.2, 0) is 19.1 Å². The highest BCUT2D eigenvalue weighted by molar-refractivity contribution is 5.81. The van der Waals surface area contributed by atoms with Gasteiger partial charge in [0, 0.05) is 17.8 Å². The van der Waals surface area contributed by atoms with Crippen molar-refractivity contribution in [1.29, 1.82) is 0 Å². The molecule has 2 bridgehead atoms. The van der Waals surface area contributed by atoms with Gasteiger partial charge in [-0.25, -0.2) is 0 Å². The number of pyridine rings is 1. The van der Waals surface area contributed by atoms with Crippen LogP contribution in [0.15, 0.2) is 18.5 Å². The van der Waals surface area contributed by atoms with Crippen LogP contribution in [0.25, 0.3) is 0 Å². The maximum absolute atomic E-state index is 13.3. The number of ether oxygens (including phenoxy) is 3. The van der Waals surface area contributed by atoms with Crippen LogP contribution in [0, 0.1) is 0 Å². The zero-order chi connectivity index (χ0) is 21.4. The Morgan fingerprint density at radius 1 is 1.23 bits per heavy atom. The van der Waals surface area contributed by atoms with Crippen molar-refractivity contribution in [3.63, 3.8) is 0 Å². The second kappa shape index (κ2) is 8.39. The average Bonchev–Trinajstić information content (AvgIpc) is 3.02. The van der Waals surface area contributed by atoms with Gasteiger partial charge in [-0.1, -0.05) is 0 Å². The van der Waals surface area contributed by atoms with E-state index in [1.807, 2.05) is 24.1 Å². The van der Waals surface area contributed by atoms with Crippen molar-refractivity contribution in [3.8, 4) is 5.75 Å². The van der Waals surface area contributed by atoms with Crippen LogP contribution in [0.3, 0.4) is 0 Å². The number of hydrogen-bond acceptors (Lipinski definition) is 6. The molecular weight excluding hydrogens is 398 g/mol. The molecule has 1 aromatic heterocycles. The second-order valence-corrected chi connectivity index (χ2v) is 9.39. The van der Waals surface area contributed by atoms with Crippen molar-refractivity contribution in [2.45, 2.75) is 75.1 Å². The highest BCUT2D eigenvalue weighted by Gasteiger charge is 2.55. The van der Waals surface area contributed by atoms with Gasteiger partial charge in [-0.05, 0) is 51.0 Å². The van der Waals surface area contributed by atoms with Crippen molar-refractivity contribution in [2.75, 3.05) is 26.4 Å². The third-order valence-corrected chi connectivity index (χ3v) is 7.37. The van der Waals surface area contributed by atoms with Gasteiger partial charge in [0.05, 0.1) is 50.1 Å². The summed E-state index contributed by atoms with van der Waals surface area (Å²) in [5.41, 5.74) is 0.599. The Bertz CT molecular complexity index is 840. The molecule has 8 nitrogen and oxygen atoms in total. The molecule has 31 heavy (non-hydrogen) atoms. The minimum atomic E-state index is -0.587. The zero-order valence-electron chi connectivity index (χ0n) is 18.0. The van der Waals surface area contributed by atoms with E-state index in [-0.39, 0.29) is 43.0 Å². The molecule has 5 aliphatic rings. The van der Waals surface area contributed by atoms with E-state index in [1.165, 1.54) is 5.56 Å². The molecule has 1 aromatic rings. The minimum Gasteiger partial charge on any atom is -0.491 e. The Morgan fingerprint density at radius 3 is 2.87 bits per heavy atom. The Kier molecular flexibility index (Phi) is 5.60. The van der Waals surface area contributed by atoms with Gasteiger partial charge >= 0.3 is 0 Å². The molecule has 3 fully saturated rings. The van der Waals surface area contributed by atoms with Crippen LogP contribution < -0.4 is 10.1 Å². The lowest BCUT2D eigenvalue weighted by atomic mass is 9.82. The van der Waals surface area contributed by atoms with E-state index in [9.17, 15) is 9.59 Å². The molecule has 0 aromatic carbocycles. The molecule has 1 aliphatic carbocycles. The van der Waals surface area contributed by atoms with E-state index in [2.05, 4.69) is 10.3 Å². The summed E-state index contributed by atoms with van der Waals surface area (Å²) in [5, 5.41) is 3.15. The van der Waals surface area contributed by atoms with Gasteiger partial charge in [-0.3, -0.25) is 14.6 Å². The van der Waals surface area contributed by atoms with Gasteiger partial charge in [0.15, 0.2) is 0 Å². The van der Waals surface area contributed by atoms with E-state index in [0.29, 0.717) is 32.2 Å². The summed E-state index contributed by atoms with van der Waals surface area (Å²) >= 11 is 0. The predicted octanol–water partition coefficient (Wildman–Crippen LogP) is 1.78. The Morgan fingerprint density at radius 2 is 2.06 bits per heavy atom. The highest BCUT2D eigenvalue weighted by atomic mass is 16.5. The number of morpholine rings is 1. The van der Waals surface area contributed by atoms with Crippen LogP contribution in [0.4, 0.5) is 0 Å². The maximum atomic E-state index is 13.3. The highest BCUT2D eigenvalue weighted by Crippen LogP contribution is 2.40. The first-order valence-electron chi connectivity index (χ1n) is 11.4. The van der Waals surface area contributed by atoms with E-state index in [1.54, 1.807) is 6.20 Å². The molecule has 2 saturated heterocycles. The van der Waals surface area contributed by atoms with Gasteiger partial charge in [-0.2, -0.15) is 0 Å². The first-order chi connectivity index (χ1) is 15.1. The second-order valence-electron chi connectivity index (χ2n) is 9.39. The summed E-state index contributed by atoms with van der Waals surface area (Å²) in [5.74, 6) is 1.11. The largest absolute Gasteiger partial charge is 0.491 e. The van der Waals surface area contributed by atoms with Crippen LogP contribution >= 0.6 is 0 Å². The lowest BCUT2D eigenvalue weighted by Crippen LogP contribution is -2.65. The molecular formula is C23H31N3O5. The fraction of sp³-hybridized carbons (Fsp3) is 0.696. The molecule has 1 N–H and O–H groups in total. The summed E-state index contributed by atoms with van der Waals surface area (Å²) in [6.07, 6.45) is 8.70. The van der Waals surface area contributed by atoms with Crippen molar-refractivity contribution in [2.24, 2.45) is 0 Å². The third kappa shape index (κ3) is 3.91. The number of aromatic nitrogens is 1. The molecule has 2 amide bonds. The third-order valence-electron chi connectivity index (χ3n) is 7.37. The quantitative estimate of drug-likeness (QED) is 0.676. The molecule has 8 heteroatoms. The van der Waals surface area contributed by atoms with Gasteiger partial charge in [0.2, 0.25) is 11.8 Å². The topological polar surface area (TPSA) is 90.0 Å². The van der Waals surface area contributed by atoms with Crippen LogP contribution in [0.2, 0.25) is 0 Å². The number of fused-ring (bicyclic) bond motifs is 6. The van der Waals surface area contributed by atoms with Crippen molar-refractivity contribution < 1.29 is 23.8 Å². The van der Waals surface area contributed by atoms with Gasteiger partial charge in [0.25, 0.3) is 0 Å². The number of carbonyl (C=O) groups excluding carboxylic acids is 2. The molecule has 0 radical (unpaired) electrons. The number of nitrogens with zero attached hydrogens (tertiary/aromatic N) is 2. The molecule has 6 rings (SSSR count). The molecule has 1 spiro atoms. The maximum Gasteiger partial charge on any atom is 0.246 e. The van der Waals surface area contributed by atoms with Crippen LogP contribution in [0.1, 0.15) is 56.9 Å². The van der Waals surface area contributed by atoms with E-state index in [4.69, 9.17) is 14.2 Å². The predicted molar refractivity (Wildman–Crippen MR) is 112 cm³/mol. The summed E-state index contributed by atoms with van der Waals surface area (Å²) in [7, 11) is 0. The average molecular weight is 430 g/mol. The summed E-state index contributed by atoms with van der Waals surface area (Å²) in [4.78, 5) is 31.6. The number of carbonyl (C=O) groups is 2. The summed E-state index contributed by atoms with van der Waals surface area (Å²) in [6, 6.07) is 1.79. The van der Waals surface area contributed by atoms with Crippen LogP contribution in [-0.4, -0.2) is 71.9 Å². The molecule has 1 saturated carbocycles. The number of hydrogen-bond donors (Lipinski definition) is 1. The smallest absolute Gasteiger partial charge is 0.246 e. The van der Waals surface area contributed by atoms with Gasteiger partial charge < -0.3 is 24.4 Å². The Hall–Kier alpha value is -2.19. The fourth-order valence-corrected chi connectivity index (χ4v) is 5.95. The summed E-state index contributed by atoms with van der Waals surface area (Å²) < 4.78 is 18.1. The van der Waals surface area contributed by atoms with Crippen molar-refractivity contribution in [1.82, 2.24) is 15.2 Å². The first kappa shape index (κ1) is 20.7. The molecule has 0 unspecified atom stereocenters. The first-order valence-corrected chi connectivity index (χ1v) is 11.4. The van der Waals surface area contributed by atoms with Crippen molar-refractivity contribution in [3.05, 3.63) is 24.0 Å². The molecule has 4 aliphatic heterocycles. The monoisotopic (exact) mass is 429 g/mol. The SMILES string of the molecule is C[C@@H]1C[C@]2(COCC(=O)N2)[C@H]2CO[C@H]3CC[C@H](CC3)c3ccncc3OCCC(=O)N12. The number of rotatable bonds is 0. The van der Waals surface area contributed by atoms with E-state index in [0.717, 1.165) is 31.4 Å². The van der Waals surface area contributed by atoms with Crippen molar-refractivity contribution >= 4 is 11.8 Å². The molecule has 3 atom stereocenters. The normalized spacial score (nSPS) is 36.4. The molecule has 5 heterocycles. The fourth-order valence-electron chi connectivity index (χ4n) is 5.95. The minimum absolute atomic E-state index is 0.0132. The Balaban J connectivity index is 1.43. The van der Waals surface area contributed by atoms with E-state index >= 15 is 0 Å². The summed E-state index contributed by atoms with van der Waals surface area (Å²) in [6.45, 7) is 3.23. The Labute approximate surface area is 182 Å². The standard InChI is InChI=1S/C23H31N3O5/c1-15-10-23(14-29-13-21(27)25-23)20-12-31-17-4-2-16(3-5-17)18-6-8-24-11-19(18)30-9-7-22(28)26(15)20/h6,8,11,15-17,20H,2-5,7,9-10,12-14H2,1H3,(H,25,27)/t15-,16-,17+,20-,23+/m1/s1. The molecule has 168 valence electrons.